The van der Waals surface area contributed by atoms with E-state index >= 15 is 0 Å². The van der Waals surface area contributed by atoms with Gasteiger partial charge < -0.3 is 9.64 Å². The Hall–Kier alpha value is -4.33. The van der Waals surface area contributed by atoms with Gasteiger partial charge in [-0.3, -0.25) is 4.79 Å². The number of rotatable bonds is 6. The van der Waals surface area contributed by atoms with Crippen molar-refractivity contribution in [1.29, 1.82) is 0 Å². The zero-order valence-corrected chi connectivity index (χ0v) is 19.0. The number of ether oxygens (including phenoxy) is 1. The Bertz CT molecular complexity index is 1360. The molecule has 4 aromatic rings. The van der Waals surface area contributed by atoms with Gasteiger partial charge >= 0.3 is 0 Å². The van der Waals surface area contributed by atoms with Gasteiger partial charge in [0.15, 0.2) is 17.5 Å². The summed E-state index contributed by atoms with van der Waals surface area (Å²) in [6.07, 6.45) is 0.393. The Morgan fingerprint density at radius 3 is 2.49 bits per heavy atom. The van der Waals surface area contributed by atoms with E-state index in [2.05, 4.69) is 32.8 Å². The molecular formula is C27H24N6O2. The molecule has 8 heteroatoms. The van der Waals surface area contributed by atoms with Crippen LogP contribution in [0.15, 0.2) is 89.9 Å². The molecule has 2 aliphatic rings. The molecule has 0 saturated heterocycles. The van der Waals surface area contributed by atoms with Crippen LogP contribution in [-0.4, -0.2) is 49.4 Å². The molecule has 0 saturated carbocycles. The quantitative estimate of drug-likeness (QED) is 0.472. The van der Waals surface area contributed by atoms with Crippen molar-refractivity contribution in [2.75, 3.05) is 6.54 Å². The number of nitrogens with one attached hydrogen (secondary N) is 1. The standard InChI is InChI=1S/C27H24N6O2/c34-26-27(17-19-9-3-1-4-10-19)24(35-25(28-27)20-11-5-2-6-12-20)22-14-8-7-13-21(22)18-33(26)16-15-23-29-31-32-30-23/h1-14,24H,15-18H2,(H,29,30,31,32)/t24-,27-/m0/s1. The highest BCUT2D eigenvalue weighted by molar-refractivity contribution is 6.01. The summed E-state index contributed by atoms with van der Waals surface area (Å²) in [6.45, 7) is 0.922. The lowest BCUT2D eigenvalue weighted by Crippen LogP contribution is -2.50. The second kappa shape index (κ2) is 8.79. The predicted molar refractivity (Wildman–Crippen MR) is 129 cm³/mol. The molecule has 3 heterocycles. The van der Waals surface area contributed by atoms with Crippen molar-refractivity contribution in [3.8, 4) is 0 Å². The molecule has 6 rings (SSSR count). The van der Waals surface area contributed by atoms with Gasteiger partial charge in [-0.05, 0) is 23.3 Å². The smallest absolute Gasteiger partial charge is 0.255 e. The molecule has 1 amide bonds. The van der Waals surface area contributed by atoms with E-state index in [-0.39, 0.29) is 5.91 Å². The number of H-pyrrole nitrogens is 1. The van der Waals surface area contributed by atoms with Gasteiger partial charge in [0.1, 0.15) is 0 Å². The van der Waals surface area contributed by atoms with E-state index < -0.39 is 11.6 Å². The van der Waals surface area contributed by atoms with E-state index in [1.807, 2.05) is 77.7 Å². The average molecular weight is 465 g/mol. The number of aromatic amines is 1. The van der Waals surface area contributed by atoms with Crippen LogP contribution in [0.3, 0.4) is 0 Å². The summed E-state index contributed by atoms with van der Waals surface area (Å²) in [7, 11) is 0. The minimum Gasteiger partial charge on any atom is -0.466 e. The Balaban J connectivity index is 1.48. The summed E-state index contributed by atoms with van der Waals surface area (Å²) in [6, 6.07) is 27.9. The minimum atomic E-state index is -1.13. The molecule has 174 valence electrons. The van der Waals surface area contributed by atoms with E-state index in [0.29, 0.717) is 37.7 Å². The summed E-state index contributed by atoms with van der Waals surface area (Å²) in [5, 5.41) is 14.2. The molecule has 0 aliphatic carbocycles. The second-order valence-electron chi connectivity index (χ2n) is 8.87. The first-order chi connectivity index (χ1) is 17.2. The summed E-state index contributed by atoms with van der Waals surface area (Å²) in [5.74, 6) is 1.01. The lowest BCUT2D eigenvalue weighted by Gasteiger charge is -2.32. The van der Waals surface area contributed by atoms with Crippen molar-refractivity contribution in [3.05, 3.63) is 113 Å². The topological polar surface area (TPSA) is 96.4 Å². The van der Waals surface area contributed by atoms with Gasteiger partial charge in [-0.1, -0.05) is 78.0 Å². The van der Waals surface area contributed by atoms with Gasteiger partial charge in [0.05, 0.1) is 0 Å². The van der Waals surface area contributed by atoms with E-state index in [0.717, 1.165) is 22.3 Å². The molecule has 2 aliphatic heterocycles. The van der Waals surface area contributed by atoms with Crippen LogP contribution in [0.25, 0.3) is 0 Å². The van der Waals surface area contributed by atoms with E-state index in [1.54, 1.807) is 0 Å². The molecule has 2 atom stereocenters. The number of carbonyl (C=O) groups is 1. The van der Waals surface area contributed by atoms with Crippen LogP contribution >= 0.6 is 0 Å². The predicted octanol–water partition coefficient (Wildman–Crippen LogP) is 3.28. The molecule has 35 heavy (non-hydrogen) atoms. The maximum absolute atomic E-state index is 14.4. The van der Waals surface area contributed by atoms with Crippen molar-refractivity contribution in [2.45, 2.75) is 31.0 Å². The Morgan fingerprint density at radius 1 is 0.971 bits per heavy atom. The molecule has 1 aromatic heterocycles. The monoisotopic (exact) mass is 464 g/mol. The van der Waals surface area contributed by atoms with E-state index in [1.165, 1.54) is 0 Å². The van der Waals surface area contributed by atoms with Gasteiger partial charge in [-0.25, -0.2) is 4.99 Å². The molecule has 1 N–H and O–H groups in total. The van der Waals surface area contributed by atoms with Crippen LogP contribution in [0.5, 0.6) is 0 Å². The van der Waals surface area contributed by atoms with E-state index in [4.69, 9.17) is 9.73 Å². The van der Waals surface area contributed by atoms with Gasteiger partial charge in [0, 0.05) is 37.1 Å². The first-order valence-electron chi connectivity index (χ1n) is 11.7. The van der Waals surface area contributed by atoms with Crippen LogP contribution in [0.2, 0.25) is 0 Å². The highest BCUT2D eigenvalue weighted by Crippen LogP contribution is 2.46. The van der Waals surface area contributed by atoms with Crippen LogP contribution in [0.1, 0.15) is 34.2 Å². The Kier molecular flexibility index (Phi) is 5.33. The Morgan fingerprint density at radius 2 is 1.71 bits per heavy atom. The molecular weight excluding hydrogens is 440 g/mol. The van der Waals surface area contributed by atoms with E-state index in [9.17, 15) is 4.79 Å². The normalized spacial score (nSPS) is 21.0. The SMILES string of the molecule is O=C1N(CCc2nn[nH]n2)Cc2ccccc2[C@@H]2OC(c3ccccc3)=N[C@]12Cc1ccccc1. The number of amides is 1. The summed E-state index contributed by atoms with van der Waals surface area (Å²) in [4.78, 5) is 21.4. The maximum atomic E-state index is 14.4. The largest absolute Gasteiger partial charge is 0.466 e. The van der Waals surface area contributed by atoms with Gasteiger partial charge in [0.25, 0.3) is 5.91 Å². The summed E-state index contributed by atoms with van der Waals surface area (Å²) >= 11 is 0. The number of aliphatic imine (C=N–C) groups is 1. The number of nitrogens with zero attached hydrogens (tertiary/aromatic N) is 5. The van der Waals surface area contributed by atoms with Crippen molar-refractivity contribution >= 4 is 11.8 Å². The maximum Gasteiger partial charge on any atom is 0.255 e. The number of benzene rings is 3. The van der Waals surface area contributed by atoms with Crippen molar-refractivity contribution in [2.24, 2.45) is 4.99 Å². The number of hydrogen-bond donors (Lipinski definition) is 1. The van der Waals surface area contributed by atoms with Crippen molar-refractivity contribution in [3.63, 3.8) is 0 Å². The van der Waals surface area contributed by atoms with Gasteiger partial charge in [-0.15, -0.1) is 10.2 Å². The number of hydrogen-bond acceptors (Lipinski definition) is 6. The highest BCUT2D eigenvalue weighted by atomic mass is 16.5. The fourth-order valence-electron chi connectivity index (χ4n) is 4.97. The zero-order chi connectivity index (χ0) is 23.7. The molecule has 0 bridgehead atoms. The molecule has 0 spiro atoms. The average Bonchev–Trinajstić information content (AvgIpc) is 3.55. The lowest BCUT2D eigenvalue weighted by molar-refractivity contribution is -0.139. The molecule has 8 nitrogen and oxygen atoms in total. The highest BCUT2D eigenvalue weighted by Gasteiger charge is 2.56. The number of fused-ring (bicyclic) bond motifs is 3. The third-order valence-electron chi connectivity index (χ3n) is 6.65. The third-order valence-corrected chi connectivity index (χ3v) is 6.65. The van der Waals surface area contributed by atoms with Crippen molar-refractivity contribution < 1.29 is 9.53 Å². The van der Waals surface area contributed by atoms with Crippen LogP contribution in [0.4, 0.5) is 0 Å². The number of aromatic nitrogens is 4. The Labute approximate surface area is 202 Å². The number of tetrazole rings is 1. The van der Waals surface area contributed by atoms with Crippen LogP contribution < -0.4 is 0 Å². The molecule has 3 aromatic carbocycles. The zero-order valence-electron chi connectivity index (χ0n) is 19.0. The first kappa shape index (κ1) is 21.2. The van der Waals surface area contributed by atoms with Crippen LogP contribution in [0, 0.1) is 0 Å². The van der Waals surface area contributed by atoms with Gasteiger partial charge in [0.2, 0.25) is 5.90 Å². The molecule has 0 fully saturated rings. The number of carbonyl (C=O) groups excluding carboxylic acids is 1. The van der Waals surface area contributed by atoms with Crippen molar-refractivity contribution in [1.82, 2.24) is 25.5 Å². The summed E-state index contributed by atoms with van der Waals surface area (Å²) in [5.41, 5.74) is 2.81. The molecule has 0 unspecified atom stereocenters. The summed E-state index contributed by atoms with van der Waals surface area (Å²) < 4.78 is 6.57. The third kappa shape index (κ3) is 3.86. The van der Waals surface area contributed by atoms with Gasteiger partial charge in [-0.2, -0.15) is 5.21 Å². The molecule has 0 radical (unpaired) electrons. The first-order valence-corrected chi connectivity index (χ1v) is 11.7. The minimum absolute atomic E-state index is 0.0584. The van der Waals surface area contributed by atoms with Crippen LogP contribution in [-0.2, 0) is 28.9 Å². The second-order valence-corrected chi connectivity index (χ2v) is 8.87. The fraction of sp³-hybridized carbons (Fsp3) is 0.222. The fourth-order valence-corrected chi connectivity index (χ4v) is 4.97. The lowest BCUT2D eigenvalue weighted by atomic mass is 9.81.